The van der Waals surface area contributed by atoms with E-state index in [-0.39, 0.29) is 6.79 Å². The zero-order valence-electron chi connectivity index (χ0n) is 13.0. The van der Waals surface area contributed by atoms with Crippen LogP contribution in [-0.4, -0.2) is 26.6 Å². The van der Waals surface area contributed by atoms with E-state index >= 15 is 0 Å². The fraction of sp³-hybridized carbons (Fsp3) is 0.867. The van der Waals surface area contributed by atoms with Gasteiger partial charge in [-0.1, -0.05) is 26.7 Å². The van der Waals surface area contributed by atoms with Crippen molar-refractivity contribution in [3.63, 3.8) is 0 Å². The zero-order chi connectivity index (χ0) is 14.3. The molecule has 0 N–H and O–H groups in total. The molecule has 0 spiro atoms. The van der Waals surface area contributed by atoms with Gasteiger partial charge in [0.25, 0.3) is 0 Å². The SMILES string of the molecule is CCCCCOCO/C(OCC)=C(/CCC)OCC. The molecule has 0 saturated heterocycles. The standard InChI is InChI=1S/C15H30O4/c1-5-9-10-12-16-13-19-15(18-8-4)14(11-6-2)17-7-3/h5-13H2,1-4H3/b15-14-. The Morgan fingerprint density at radius 1 is 0.789 bits per heavy atom. The van der Waals surface area contributed by atoms with Crippen LogP contribution in [-0.2, 0) is 18.9 Å². The Bertz CT molecular complexity index is 218. The number of allylic oxidation sites excluding steroid dienone is 1. The van der Waals surface area contributed by atoms with Crippen molar-refractivity contribution in [2.24, 2.45) is 0 Å². The van der Waals surface area contributed by atoms with E-state index in [4.69, 9.17) is 18.9 Å². The van der Waals surface area contributed by atoms with Crippen LogP contribution < -0.4 is 0 Å². The van der Waals surface area contributed by atoms with Crippen molar-refractivity contribution in [2.75, 3.05) is 26.6 Å². The Balaban J connectivity index is 4.16. The first-order valence-corrected chi connectivity index (χ1v) is 7.49. The van der Waals surface area contributed by atoms with Crippen molar-refractivity contribution in [3.8, 4) is 0 Å². The summed E-state index contributed by atoms with van der Waals surface area (Å²) in [7, 11) is 0. The number of unbranched alkanes of at least 4 members (excludes halogenated alkanes) is 2. The molecule has 0 saturated carbocycles. The summed E-state index contributed by atoms with van der Waals surface area (Å²) in [4.78, 5) is 0. The van der Waals surface area contributed by atoms with E-state index in [1.807, 2.05) is 13.8 Å². The van der Waals surface area contributed by atoms with E-state index in [1.165, 1.54) is 12.8 Å². The van der Waals surface area contributed by atoms with Crippen LogP contribution >= 0.6 is 0 Å². The minimum absolute atomic E-state index is 0.222. The topological polar surface area (TPSA) is 36.9 Å². The lowest BCUT2D eigenvalue weighted by molar-refractivity contribution is -0.0822. The minimum Gasteiger partial charge on any atom is -0.491 e. The van der Waals surface area contributed by atoms with E-state index in [2.05, 4.69) is 13.8 Å². The predicted molar refractivity (Wildman–Crippen MR) is 76.6 cm³/mol. The molecule has 0 rings (SSSR count). The van der Waals surface area contributed by atoms with Crippen molar-refractivity contribution in [2.45, 2.75) is 59.8 Å². The Morgan fingerprint density at radius 3 is 2.11 bits per heavy atom. The highest BCUT2D eigenvalue weighted by molar-refractivity contribution is 4.94. The van der Waals surface area contributed by atoms with Crippen LogP contribution in [0.2, 0.25) is 0 Å². The summed E-state index contributed by atoms with van der Waals surface area (Å²) in [6.45, 7) is 10.3. The van der Waals surface area contributed by atoms with Gasteiger partial charge in [0.15, 0.2) is 12.6 Å². The predicted octanol–water partition coefficient (Wildman–Crippen LogP) is 4.21. The van der Waals surface area contributed by atoms with Gasteiger partial charge in [-0.3, -0.25) is 0 Å². The quantitative estimate of drug-likeness (QED) is 0.286. The molecule has 0 bridgehead atoms. The number of rotatable bonds is 13. The highest BCUT2D eigenvalue weighted by Crippen LogP contribution is 2.15. The summed E-state index contributed by atoms with van der Waals surface area (Å²) >= 11 is 0. The summed E-state index contributed by atoms with van der Waals surface area (Å²) in [5.74, 6) is 1.26. The molecule has 19 heavy (non-hydrogen) atoms. The minimum atomic E-state index is 0.222. The molecule has 0 aromatic rings. The highest BCUT2D eigenvalue weighted by Gasteiger charge is 2.10. The summed E-state index contributed by atoms with van der Waals surface area (Å²) in [5.41, 5.74) is 0. The smallest absolute Gasteiger partial charge is 0.321 e. The molecule has 0 unspecified atom stereocenters. The molecule has 0 atom stereocenters. The fourth-order valence-electron chi connectivity index (χ4n) is 1.58. The van der Waals surface area contributed by atoms with Crippen molar-refractivity contribution in [1.29, 1.82) is 0 Å². The van der Waals surface area contributed by atoms with E-state index in [0.29, 0.717) is 19.2 Å². The van der Waals surface area contributed by atoms with Crippen molar-refractivity contribution in [3.05, 3.63) is 11.7 Å². The Kier molecular flexibility index (Phi) is 12.9. The third-order valence-electron chi connectivity index (χ3n) is 2.46. The third-order valence-corrected chi connectivity index (χ3v) is 2.46. The fourth-order valence-corrected chi connectivity index (χ4v) is 1.58. The van der Waals surface area contributed by atoms with Crippen LogP contribution in [0.1, 0.15) is 59.8 Å². The molecule has 0 aliphatic carbocycles. The molecule has 4 nitrogen and oxygen atoms in total. The van der Waals surface area contributed by atoms with Gasteiger partial charge in [0.1, 0.15) is 0 Å². The molecule has 0 aromatic heterocycles. The number of hydrogen-bond donors (Lipinski definition) is 0. The number of hydrogen-bond acceptors (Lipinski definition) is 4. The van der Waals surface area contributed by atoms with E-state index in [9.17, 15) is 0 Å². The van der Waals surface area contributed by atoms with Gasteiger partial charge in [0, 0.05) is 6.42 Å². The first kappa shape index (κ1) is 18.1. The molecule has 0 radical (unpaired) electrons. The Labute approximate surface area is 118 Å². The lowest BCUT2D eigenvalue weighted by Gasteiger charge is -2.16. The normalized spacial score (nSPS) is 12.0. The molecule has 114 valence electrons. The second-order valence-corrected chi connectivity index (χ2v) is 4.20. The maximum Gasteiger partial charge on any atom is 0.321 e. The molecule has 0 aliphatic heterocycles. The summed E-state index contributed by atoms with van der Waals surface area (Å²) in [6, 6.07) is 0. The molecule has 0 heterocycles. The molecule has 0 aromatic carbocycles. The van der Waals surface area contributed by atoms with Crippen molar-refractivity contribution >= 4 is 0 Å². The van der Waals surface area contributed by atoms with Crippen LogP contribution in [0.25, 0.3) is 0 Å². The average molecular weight is 274 g/mol. The molecule has 0 fully saturated rings. The van der Waals surface area contributed by atoms with Gasteiger partial charge >= 0.3 is 5.95 Å². The lowest BCUT2D eigenvalue weighted by Crippen LogP contribution is -2.09. The molecular formula is C15H30O4. The van der Waals surface area contributed by atoms with Gasteiger partial charge in [-0.15, -0.1) is 0 Å². The van der Waals surface area contributed by atoms with Crippen LogP contribution in [0.4, 0.5) is 0 Å². The first-order valence-electron chi connectivity index (χ1n) is 7.49. The highest BCUT2D eigenvalue weighted by atomic mass is 16.7. The third kappa shape index (κ3) is 9.65. The van der Waals surface area contributed by atoms with Gasteiger partial charge in [-0.2, -0.15) is 0 Å². The van der Waals surface area contributed by atoms with Gasteiger partial charge in [0.05, 0.1) is 19.8 Å². The second kappa shape index (κ2) is 13.5. The maximum atomic E-state index is 5.57. The molecule has 0 amide bonds. The average Bonchev–Trinajstić information content (AvgIpc) is 2.41. The van der Waals surface area contributed by atoms with Crippen molar-refractivity contribution in [1.82, 2.24) is 0 Å². The van der Waals surface area contributed by atoms with Crippen LogP contribution in [0.3, 0.4) is 0 Å². The second-order valence-electron chi connectivity index (χ2n) is 4.20. The van der Waals surface area contributed by atoms with E-state index in [1.54, 1.807) is 0 Å². The lowest BCUT2D eigenvalue weighted by atomic mass is 10.3. The summed E-state index contributed by atoms with van der Waals surface area (Å²) in [6.07, 6.45) is 5.26. The van der Waals surface area contributed by atoms with E-state index in [0.717, 1.165) is 31.6 Å². The van der Waals surface area contributed by atoms with Gasteiger partial charge in [0.2, 0.25) is 0 Å². The van der Waals surface area contributed by atoms with Crippen LogP contribution in [0.15, 0.2) is 11.7 Å². The van der Waals surface area contributed by atoms with Crippen molar-refractivity contribution < 1.29 is 18.9 Å². The molecule has 0 aliphatic rings. The molecular weight excluding hydrogens is 244 g/mol. The number of ether oxygens (including phenoxy) is 4. The van der Waals surface area contributed by atoms with Crippen LogP contribution in [0.5, 0.6) is 0 Å². The monoisotopic (exact) mass is 274 g/mol. The largest absolute Gasteiger partial charge is 0.491 e. The van der Waals surface area contributed by atoms with Crippen LogP contribution in [0, 0.1) is 0 Å². The zero-order valence-corrected chi connectivity index (χ0v) is 13.0. The Hall–Kier alpha value is -0.900. The summed E-state index contributed by atoms with van der Waals surface area (Å²) < 4.78 is 22.0. The molecule has 4 heteroatoms. The van der Waals surface area contributed by atoms with Gasteiger partial charge in [-0.05, 0) is 26.7 Å². The van der Waals surface area contributed by atoms with Gasteiger partial charge < -0.3 is 18.9 Å². The summed E-state index contributed by atoms with van der Waals surface area (Å²) in [5, 5.41) is 0. The maximum absolute atomic E-state index is 5.57. The Morgan fingerprint density at radius 2 is 1.53 bits per heavy atom. The van der Waals surface area contributed by atoms with E-state index < -0.39 is 0 Å². The first-order chi connectivity index (χ1) is 9.29. The van der Waals surface area contributed by atoms with Gasteiger partial charge in [-0.25, -0.2) is 0 Å².